The van der Waals surface area contributed by atoms with E-state index in [1.165, 1.54) is 4.31 Å². The van der Waals surface area contributed by atoms with Crippen molar-refractivity contribution >= 4 is 15.9 Å². The molecular weight excluding hydrogens is 350 g/mol. The molecule has 1 amide bonds. The molecule has 1 aromatic carbocycles. The van der Waals surface area contributed by atoms with E-state index in [1.54, 1.807) is 4.90 Å². The summed E-state index contributed by atoms with van der Waals surface area (Å²) in [5, 5.41) is 0. The van der Waals surface area contributed by atoms with Gasteiger partial charge in [0.1, 0.15) is 0 Å². The first-order valence-electron chi connectivity index (χ1n) is 9.39. The Bertz CT molecular complexity index is 676. The van der Waals surface area contributed by atoms with E-state index in [0.29, 0.717) is 32.6 Å². The van der Waals surface area contributed by atoms with Gasteiger partial charge < -0.3 is 9.80 Å². The van der Waals surface area contributed by atoms with Gasteiger partial charge in [0.25, 0.3) is 0 Å². The molecule has 7 heteroatoms. The van der Waals surface area contributed by atoms with E-state index in [1.807, 2.05) is 31.2 Å². The van der Waals surface area contributed by atoms with Crippen LogP contribution >= 0.6 is 0 Å². The Morgan fingerprint density at radius 3 is 2.15 bits per heavy atom. The number of hydrogen-bond acceptors (Lipinski definition) is 4. The van der Waals surface area contributed by atoms with Crippen LogP contribution in [-0.4, -0.2) is 74.2 Å². The van der Waals surface area contributed by atoms with E-state index in [4.69, 9.17) is 0 Å². The van der Waals surface area contributed by atoms with E-state index < -0.39 is 10.0 Å². The van der Waals surface area contributed by atoms with Crippen molar-refractivity contribution in [1.29, 1.82) is 0 Å². The first kappa shape index (κ1) is 20.9. The Labute approximate surface area is 157 Å². The second kappa shape index (κ2) is 9.48. The molecule has 6 nitrogen and oxygen atoms in total. The molecule has 1 aromatic rings. The topological polar surface area (TPSA) is 60.9 Å². The van der Waals surface area contributed by atoms with Gasteiger partial charge >= 0.3 is 0 Å². The van der Waals surface area contributed by atoms with Crippen molar-refractivity contribution in [2.24, 2.45) is 0 Å². The molecule has 0 atom stereocenters. The average molecular weight is 382 g/mol. The van der Waals surface area contributed by atoms with Gasteiger partial charge in [-0.25, -0.2) is 8.42 Å². The molecule has 0 N–H and O–H groups in total. The molecule has 0 spiro atoms. The summed E-state index contributed by atoms with van der Waals surface area (Å²) < 4.78 is 26.8. The first-order valence-corrected chi connectivity index (χ1v) is 11.0. The van der Waals surface area contributed by atoms with Crippen molar-refractivity contribution in [2.45, 2.75) is 32.9 Å². The van der Waals surface area contributed by atoms with Gasteiger partial charge in [-0.3, -0.25) is 4.79 Å². The standard InChI is InChI=1S/C19H31N3O3S/c1-4-20(5-2)11-10-19(23)21-12-14-22(15-13-21)26(24,25)16-18-8-6-17(3)7-9-18/h6-9H,4-5,10-16H2,1-3H3. The highest BCUT2D eigenvalue weighted by Gasteiger charge is 2.28. The van der Waals surface area contributed by atoms with Crippen LogP contribution in [0.3, 0.4) is 0 Å². The Morgan fingerprint density at radius 2 is 1.62 bits per heavy atom. The lowest BCUT2D eigenvalue weighted by atomic mass is 10.2. The predicted molar refractivity (Wildman–Crippen MR) is 104 cm³/mol. The van der Waals surface area contributed by atoms with Crippen molar-refractivity contribution in [1.82, 2.24) is 14.1 Å². The van der Waals surface area contributed by atoms with Crippen molar-refractivity contribution in [2.75, 3.05) is 45.8 Å². The Balaban J connectivity index is 1.84. The summed E-state index contributed by atoms with van der Waals surface area (Å²) in [4.78, 5) is 16.4. The molecule has 0 bridgehead atoms. The minimum atomic E-state index is -3.34. The van der Waals surface area contributed by atoms with Gasteiger partial charge in [-0.05, 0) is 25.6 Å². The summed E-state index contributed by atoms with van der Waals surface area (Å²) in [7, 11) is -3.34. The van der Waals surface area contributed by atoms with Crippen LogP contribution in [0.1, 0.15) is 31.4 Å². The summed E-state index contributed by atoms with van der Waals surface area (Å²) in [6, 6.07) is 7.58. The fourth-order valence-corrected chi connectivity index (χ4v) is 4.67. The van der Waals surface area contributed by atoms with E-state index in [2.05, 4.69) is 18.7 Å². The van der Waals surface area contributed by atoms with Gasteiger partial charge in [0.2, 0.25) is 15.9 Å². The predicted octanol–water partition coefficient (Wildman–Crippen LogP) is 1.70. The zero-order valence-electron chi connectivity index (χ0n) is 16.1. The normalized spacial score (nSPS) is 16.2. The molecule has 0 radical (unpaired) electrons. The van der Waals surface area contributed by atoms with Gasteiger partial charge in [0.05, 0.1) is 5.75 Å². The van der Waals surface area contributed by atoms with Gasteiger partial charge in [0, 0.05) is 39.1 Å². The number of piperazine rings is 1. The third-order valence-corrected chi connectivity index (χ3v) is 6.84. The highest BCUT2D eigenvalue weighted by molar-refractivity contribution is 7.88. The maximum absolute atomic E-state index is 12.6. The number of benzene rings is 1. The van der Waals surface area contributed by atoms with Crippen LogP contribution in [0.4, 0.5) is 0 Å². The van der Waals surface area contributed by atoms with E-state index in [0.717, 1.165) is 30.8 Å². The molecule has 1 aliphatic rings. The minimum Gasteiger partial charge on any atom is -0.340 e. The number of sulfonamides is 1. The lowest BCUT2D eigenvalue weighted by molar-refractivity contribution is -0.132. The number of rotatable bonds is 8. The van der Waals surface area contributed by atoms with Gasteiger partial charge in [-0.1, -0.05) is 43.7 Å². The van der Waals surface area contributed by atoms with Crippen LogP contribution in [-0.2, 0) is 20.6 Å². The monoisotopic (exact) mass is 381 g/mol. The highest BCUT2D eigenvalue weighted by atomic mass is 32.2. The molecule has 1 fully saturated rings. The van der Waals surface area contributed by atoms with Crippen LogP contribution < -0.4 is 0 Å². The third kappa shape index (κ3) is 5.79. The van der Waals surface area contributed by atoms with Crippen molar-refractivity contribution in [3.8, 4) is 0 Å². The first-order chi connectivity index (χ1) is 12.4. The number of hydrogen-bond donors (Lipinski definition) is 0. The fourth-order valence-electron chi connectivity index (χ4n) is 3.15. The molecular formula is C19H31N3O3S. The molecule has 2 rings (SSSR count). The maximum atomic E-state index is 12.6. The smallest absolute Gasteiger partial charge is 0.223 e. The lowest BCUT2D eigenvalue weighted by Crippen LogP contribution is -2.51. The Hall–Kier alpha value is -1.44. The number of carbonyl (C=O) groups excluding carboxylic acids is 1. The fraction of sp³-hybridized carbons (Fsp3) is 0.632. The maximum Gasteiger partial charge on any atom is 0.223 e. The van der Waals surface area contributed by atoms with Gasteiger partial charge in [-0.15, -0.1) is 0 Å². The molecule has 1 saturated heterocycles. The lowest BCUT2D eigenvalue weighted by Gasteiger charge is -2.34. The van der Waals surface area contributed by atoms with Crippen LogP contribution in [0.15, 0.2) is 24.3 Å². The molecule has 0 aromatic heterocycles. The largest absolute Gasteiger partial charge is 0.340 e. The van der Waals surface area contributed by atoms with Gasteiger partial charge in [-0.2, -0.15) is 4.31 Å². The van der Waals surface area contributed by atoms with Gasteiger partial charge in [0.15, 0.2) is 0 Å². The average Bonchev–Trinajstić information content (AvgIpc) is 2.64. The third-order valence-electron chi connectivity index (χ3n) is 4.99. The molecule has 26 heavy (non-hydrogen) atoms. The molecule has 0 aliphatic carbocycles. The number of aryl methyl sites for hydroxylation is 1. The summed E-state index contributed by atoms with van der Waals surface area (Å²) >= 11 is 0. The van der Waals surface area contributed by atoms with Crippen molar-refractivity contribution in [3.63, 3.8) is 0 Å². The van der Waals surface area contributed by atoms with E-state index >= 15 is 0 Å². The Kier molecular flexibility index (Phi) is 7.61. The molecule has 1 aliphatic heterocycles. The molecule has 1 heterocycles. The van der Waals surface area contributed by atoms with E-state index in [9.17, 15) is 13.2 Å². The van der Waals surface area contributed by atoms with Crippen molar-refractivity contribution in [3.05, 3.63) is 35.4 Å². The SMILES string of the molecule is CCN(CC)CCC(=O)N1CCN(S(=O)(=O)Cc2ccc(C)cc2)CC1. The minimum absolute atomic E-state index is 0.0171. The number of carbonyl (C=O) groups is 1. The van der Waals surface area contributed by atoms with Crippen LogP contribution in [0, 0.1) is 6.92 Å². The summed E-state index contributed by atoms with van der Waals surface area (Å²) in [5.74, 6) is 0.135. The van der Waals surface area contributed by atoms with Crippen LogP contribution in [0.2, 0.25) is 0 Å². The molecule has 0 unspecified atom stereocenters. The summed E-state index contributed by atoms with van der Waals surface area (Å²) in [6.45, 7) is 10.5. The summed E-state index contributed by atoms with van der Waals surface area (Å²) in [5.41, 5.74) is 1.91. The van der Waals surface area contributed by atoms with E-state index in [-0.39, 0.29) is 11.7 Å². The number of amides is 1. The highest BCUT2D eigenvalue weighted by Crippen LogP contribution is 2.15. The zero-order chi connectivity index (χ0) is 19.2. The molecule has 146 valence electrons. The molecule has 0 saturated carbocycles. The van der Waals surface area contributed by atoms with Crippen LogP contribution in [0.25, 0.3) is 0 Å². The Morgan fingerprint density at radius 1 is 1.04 bits per heavy atom. The zero-order valence-corrected chi connectivity index (χ0v) is 17.0. The van der Waals surface area contributed by atoms with Crippen molar-refractivity contribution < 1.29 is 13.2 Å². The second-order valence-corrected chi connectivity index (χ2v) is 8.77. The quantitative estimate of drug-likeness (QED) is 0.688. The summed E-state index contributed by atoms with van der Waals surface area (Å²) in [6.07, 6.45) is 0.498. The number of nitrogens with zero attached hydrogens (tertiary/aromatic N) is 3. The second-order valence-electron chi connectivity index (χ2n) is 6.80. The van der Waals surface area contributed by atoms with Crippen LogP contribution in [0.5, 0.6) is 0 Å².